The molecule has 2 aromatic carbocycles. The molecule has 0 spiro atoms. The molecule has 2 saturated carbocycles. The second-order valence-electron chi connectivity index (χ2n) is 8.54. The highest BCUT2D eigenvalue weighted by Gasteiger charge is 2.54. The topological polar surface area (TPSA) is 40.7 Å². The van der Waals surface area contributed by atoms with Gasteiger partial charge in [0.1, 0.15) is 0 Å². The van der Waals surface area contributed by atoms with Crippen molar-refractivity contribution in [2.24, 2.45) is 17.8 Å². The SMILES string of the molecule is FC(F)(F)c1ccc(C2Nc3ccc4[nH]ncc4c3C3C4CCC(C4)C23)cc1. The normalized spacial score (nSPS) is 30.9. The molecule has 2 N–H and O–H groups in total. The van der Waals surface area contributed by atoms with Gasteiger partial charge in [0, 0.05) is 11.1 Å². The van der Waals surface area contributed by atoms with Gasteiger partial charge in [-0.15, -0.1) is 0 Å². The predicted molar refractivity (Wildman–Crippen MR) is 101 cm³/mol. The Morgan fingerprint density at radius 2 is 1.75 bits per heavy atom. The zero-order chi connectivity index (χ0) is 19.0. The minimum atomic E-state index is -4.30. The van der Waals surface area contributed by atoms with Gasteiger partial charge in [0.2, 0.25) is 0 Å². The number of hydrogen-bond acceptors (Lipinski definition) is 2. The lowest BCUT2D eigenvalue weighted by molar-refractivity contribution is -0.137. The fourth-order valence-electron chi connectivity index (χ4n) is 6.22. The van der Waals surface area contributed by atoms with Crippen LogP contribution in [0.2, 0.25) is 0 Å². The van der Waals surface area contributed by atoms with Crippen LogP contribution in [0.3, 0.4) is 0 Å². The molecule has 1 aromatic heterocycles. The van der Waals surface area contributed by atoms with Crippen LogP contribution in [-0.4, -0.2) is 10.2 Å². The molecule has 2 fully saturated rings. The standard InChI is InChI=1S/C22H20F3N3/c23-22(24,25)14-5-3-11(4-6-14)21-19-13-2-1-12(9-13)18(19)20-15-10-26-28-16(15)7-8-17(20)27-21/h3-8,10,12-13,18-19,21,27H,1-2,9H2,(H,26,28). The van der Waals surface area contributed by atoms with E-state index in [2.05, 4.69) is 21.6 Å². The van der Waals surface area contributed by atoms with Crippen LogP contribution in [0.4, 0.5) is 18.9 Å². The zero-order valence-electron chi connectivity index (χ0n) is 15.1. The Kier molecular flexibility index (Phi) is 3.24. The lowest BCUT2D eigenvalue weighted by Crippen LogP contribution is -2.35. The molecule has 2 bridgehead atoms. The molecule has 0 amide bonds. The fraction of sp³-hybridized carbons (Fsp3) is 0.409. The number of H-pyrrole nitrogens is 1. The second-order valence-corrected chi connectivity index (χ2v) is 8.54. The first-order valence-corrected chi connectivity index (χ1v) is 9.90. The van der Waals surface area contributed by atoms with Crippen molar-refractivity contribution in [3.8, 4) is 0 Å². The van der Waals surface area contributed by atoms with Crippen molar-refractivity contribution >= 4 is 16.6 Å². The Balaban J connectivity index is 1.47. The quantitative estimate of drug-likeness (QED) is 0.551. The third-order valence-electron chi connectivity index (χ3n) is 7.27. The van der Waals surface area contributed by atoms with Crippen molar-refractivity contribution in [3.63, 3.8) is 0 Å². The van der Waals surface area contributed by atoms with E-state index in [1.807, 2.05) is 12.3 Å². The summed E-state index contributed by atoms with van der Waals surface area (Å²) < 4.78 is 39.0. The summed E-state index contributed by atoms with van der Waals surface area (Å²) in [5.41, 5.74) is 3.87. The maximum absolute atomic E-state index is 13.0. The molecule has 5 atom stereocenters. The summed E-state index contributed by atoms with van der Waals surface area (Å²) in [5.74, 6) is 2.16. The van der Waals surface area contributed by atoms with Gasteiger partial charge in [0.15, 0.2) is 0 Å². The monoisotopic (exact) mass is 383 g/mol. The Bertz CT molecular complexity index is 1050. The molecular weight excluding hydrogens is 363 g/mol. The summed E-state index contributed by atoms with van der Waals surface area (Å²) in [6, 6.07) is 9.93. The van der Waals surface area contributed by atoms with Crippen LogP contribution in [0.5, 0.6) is 0 Å². The van der Waals surface area contributed by atoms with Gasteiger partial charge in [0.05, 0.1) is 23.3 Å². The summed E-state index contributed by atoms with van der Waals surface area (Å²) in [4.78, 5) is 0. The number of alkyl halides is 3. The summed E-state index contributed by atoms with van der Waals surface area (Å²) in [6.07, 6.45) is 1.31. The molecule has 3 aromatic rings. The molecule has 3 nitrogen and oxygen atoms in total. The minimum absolute atomic E-state index is 0.0550. The average Bonchev–Trinajstić information content (AvgIpc) is 3.42. The van der Waals surface area contributed by atoms with Gasteiger partial charge in [-0.1, -0.05) is 12.1 Å². The van der Waals surface area contributed by atoms with Crippen molar-refractivity contribution in [3.05, 3.63) is 59.3 Å². The highest BCUT2D eigenvalue weighted by molar-refractivity contribution is 5.88. The molecule has 6 rings (SSSR count). The van der Waals surface area contributed by atoms with Crippen molar-refractivity contribution in [1.29, 1.82) is 0 Å². The maximum Gasteiger partial charge on any atom is 0.416 e. The van der Waals surface area contributed by atoms with E-state index in [9.17, 15) is 13.2 Å². The number of nitrogens with one attached hydrogen (secondary N) is 2. The number of anilines is 1. The van der Waals surface area contributed by atoms with Gasteiger partial charge in [-0.2, -0.15) is 18.3 Å². The number of aromatic amines is 1. The van der Waals surface area contributed by atoms with Gasteiger partial charge >= 0.3 is 6.18 Å². The summed E-state index contributed by atoms with van der Waals surface area (Å²) in [7, 11) is 0. The second kappa shape index (κ2) is 5.52. The van der Waals surface area contributed by atoms with Crippen LogP contribution in [0.15, 0.2) is 42.6 Å². The Morgan fingerprint density at radius 1 is 0.964 bits per heavy atom. The number of nitrogens with zero attached hydrogens (tertiary/aromatic N) is 1. The van der Waals surface area contributed by atoms with Gasteiger partial charge < -0.3 is 5.32 Å². The number of benzene rings is 2. The van der Waals surface area contributed by atoms with Crippen LogP contribution >= 0.6 is 0 Å². The molecule has 6 heteroatoms. The number of rotatable bonds is 1. The van der Waals surface area contributed by atoms with Gasteiger partial charge in [0.25, 0.3) is 0 Å². The predicted octanol–water partition coefficient (Wildman–Crippen LogP) is 5.88. The molecule has 0 saturated heterocycles. The fourth-order valence-corrected chi connectivity index (χ4v) is 6.22. The average molecular weight is 383 g/mol. The summed E-state index contributed by atoms with van der Waals surface area (Å²) >= 11 is 0. The minimum Gasteiger partial charge on any atom is -0.378 e. The van der Waals surface area contributed by atoms with Crippen LogP contribution in [0.1, 0.15) is 47.9 Å². The van der Waals surface area contributed by atoms with Gasteiger partial charge in [-0.05, 0) is 78.3 Å². The first-order chi connectivity index (χ1) is 13.5. The zero-order valence-corrected chi connectivity index (χ0v) is 15.1. The largest absolute Gasteiger partial charge is 0.416 e. The molecular formula is C22H20F3N3. The Labute approximate surface area is 160 Å². The Hall–Kier alpha value is -2.50. The third-order valence-corrected chi connectivity index (χ3v) is 7.27. The first kappa shape index (κ1) is 16.5. The van der Waals surface area contributed by atoms with Gasteiger partial charge in [-0.25, -0.2) is 0 Å². The number of halogens is 3. The van der Waals surface area contributed by atoms with E-state index in [4.69, 9.17) is 0 Å². The molecule has 0 radical (unpaired) electrons. The molecule has 1 aliphatic heterocycles. The highest BCUT2D eigenvalue weighted by atomic mass is 19.4. The third kappa shape index (κ3) is 2.20. The van der Waals surface area contributed by atoms with Crippen LogP contribution in [-0.2, 0) is 6.18 Å². The van der Waals surface area contributed by atoms with Crippen molar-refractivity contribution in [2.75, 3.05) is 5.32 Å². The summed E-state index contributed by atoms with van der Waals surface area (Å²) in [5, 5.41) is 12.2. The van der Waals surface area contributed by atoms with E-state index >= 15 is 0 Å². The molecule has 2 heterocycles. The van der Waals surface area contributed by atoms with Crippen LogP contribution in [0.25, 0.3) is 10.9 Å². The van der Waals surface area contributed by atoms with Crippen LogP contribution in [0, 0.1) is 17.8 Å². The highest BCUT2D eigenvalue weighted by Crippen LogP contribution is 2.64. The maximum atomic E-state index is 13.0. The van der Waals surface area contributed by atoms with Crippen molar-refractivity contribution in [1.82, 2.24) is 10.2 Å². The number of fused-ring (bicyclic) bond motifs is 9. The molecule has 144 valence electrons. The Morgan fingerprint density at radius 3 is 2.54 bits per heavy atom. The number of hydrogen-bond donors (Lipinski definition) is 2. The van der Waals surface area contributed by atoms with E-state index < -0.39 is 11.7 Å². The van der Waals surface area contributed by atoms with E-state index in [0.717, 1.165) is 16.8 Å². The summed E-state index contributed by atoms with van der Waals surface area (Å²) in [6.45, 7) is 0. The molecule has 3 aliphatic rings. The lowest BCUT2D eigenvalue weighted by Gasteiger charge is -2.43. The van der Waals surface area contributed by atoms with Crippen LogP contribution < -0.4 is 5.32 Å². The smallest absolute Gasteiger partial charge is 0.378 e. The molecule has 5 unspecified atom stereocenters. The lowest BCUT2D eigenvalue weighted by atomic mass is 9.67. The molecule has 28 heavy (non-hydrogen) atoms. The van der Waals surface area contributed by atoms with Crippen molar-refractivity contribution in [2.45, 2.75) is 37.4 Å². The van der Waals surface area contributed by atoms with Gasteiger partial charge in [-0.3, -0.25) is 5.10 Å². The van der Waals surface area contributed by atoms with E-state index in [1.165, 1.54) is 42.3 Å². The van der Waals surface area contributed by atoms with E-state index in [1.54, 1.807) is 12.1 Å². The number of aromatic nitrogens is 2. The molecule has 2 aliphatic carbocycles. The van der Waals surface area contributed by atoms with E-state index in [-0.39, 0.29) is 6.04 Å². The first-order valence-electron chi connectivity index (χ1n) is 9.90. The van der Waals surface area contributed by atoms with Crippen molar-refractivity contribution < 1.29 is 13.2 Å². The van der Waals surface area contributed by atoms with E-state index in [0.29, 0.717) is 23.7 Å².